The predicted molar refractivity (Wildman–Crippen MR) is 130 cm³/mol. The van der Waals surface area contributed by atoms with E-state index in [1.807, 2.05) is 0 Å². The quantitative estimate of drug-likeness (QED) is 0.381. The van der Waals surface area contributed by atoms with E-state index in [0.29, 0.717) is 21.6 Å². The number of primary sulfonamides is 1. The van der Waals surface area contributed by atoms with Gasteiger partial charge >= 0.3 is 0 Å². The molecule has 1 aliphatic heterocycles. The molecule has 0 spiro atoms. The molecule has 0 aliphatic carbocycles. The Balaban J connectivity index is 1.63. The lowest BCUT2D eigenvalue weighted by molar-refractivity contribution is -0.117. The van der Waals surface area contributed by atoms with Gasteiger partial charge in [-0.25, -0.2) is 13.6 Å². The molecule has 176 valence electrons. The summed E-state index contributed by atoms with van der Waals surface area (Å²) in [6, 6.07) is 19.3. The zero-order valence-corrected chi connectivity index (χ0v) is 19.5. The number of benzene rings is 3. The van der Waals surface area contributed by atoms with Crippen molar-refractivity contribution >= 4 is 50.0 Å². The van der Waals surface area contributed by atoms with Crippen LogP contribution in [0.5, 0.6) is 0 Å². The van der Waals surface area contributed by atoms with Crippen molar-refractivity contribution in [2.75, 3.05) is 4.90 Å². The molecule has 0 radical (unpaired) electrons. The summed E-state index contributed by atoms with van der Waals surface area (Å²) in [5.74, 6) is -2.27. The molecule has 1 amide bonds. The summed E-state index contributed by atoms with van der Waals surface area (Å²) in [5.41, 5.74) is 1.08. The number of aliphatic hydroxyl groups excluding tert-OH is 1. The summed E-state index contributed by atoms with van der Waals surface area (Å²) < 4.78 is 29.0. The van der Waals surface area contributed by atoms with Crippen molar-refractivity contribution in [1.29, 1.82) is 0 Å². The van der Waals surface area contributed by atoms with Crippen LogP contribution in [0.15, 0.2) is 99.5 Å². The molecule has 10 heteroatoms. The SMILES string of the molecule is NS(=O)(=O)c1ccc(N2C(=O)C(O)=C(C(=O)c3cc4cc(Cl)ccc4o3)C2c2ccccc2)cc1. The highest BCUT2D eigenvalue weighted by molar-refractivity contribution is 7.89. The van der Waals surface area contributed by atoms with E-state index in [9.17, 15) is 23.1 Å². The normalized spacial score (nSPS) is 16.3. The Morgan fingerprint density at radius 2 is 1.69 bits per heavy atom. The van der Waals surface area contributed by atoms with E-state index in [2.05, 4.69) is 0 Å². The number of nitrogens with two attached hydrogens (primary N) is 1. The van der Waals surface area contributed by atoms with Crippen LogP contribution in [0.3, 0.4) is 0 Å². The topological polar surface area (TPSA) is 131 Å². The summed E-state index contributed by atoms with van der Waals surface area (Å²) in [4.78, 5) is 27.9. The molecule has 0 bridgehead atoms. The largest absolute Gasteiger partial charge is 0.503 e. The molecular formula is C25H17ClN2O6S. The molecule has 1 atom stereocenters. The van der Waals surface area contributed by atoms with E-state index in [1.165, 1.54) is 35.2 Å². The second-order valence-electron chi connectivity index (χ2n) is 7.91. The van der Waals surface area contributed by atoms with Gasteiger partial charge in [-0.1, -0.05) is 41.9 Å². The monoisotopic (exact) mass is 508 g/mol. The van der Waals surface area contributed by atoms with Gasteiger partial charge in [-0.2, -0.15) is 0 Å². The number of Topliss-reactive ketones (excluding diaryl/α,β-unsaturated/α-hetero) is 1. The summed E-state index contributed by atoms with van der Waals surface area (Å²) in [7, 11) is -3.95. The summed E-state index contributed by atoms with van der Waals surface area (Å²) in [6.07, 6.45) is 0. The van der Waals surface area contributed by atoms with Crippen LogP contribution < -0.4 is 10.0 Å². The van der Waals surface area contributed by atoms with Crippen LogP contribution in [0.4, 0.5) is 5.69 Å². The highest BCUT2D eigenvalue weighted by Gasteiger charge is 2.45. The van der Waals surface area contributed by atoms with Crippen LogP contribution in [-0.2, 0) is 14.8 Å². The van der Waals surface area contributed by atoms with E-state index in [0.717, 1.165) is 0 Å². The van der Waals surface area contributed by atoms with Crippen molar-refractivity contribution in [2.45, 2.75) is 10.9 Å². The summed E-state index contributed by atoms with van der Waals surface area (Å²) in [5, 5.41) is 17.1. The van der Waals surface area contributed by atoms with Crippen molar-refractivity contribution in [3.63, 3.8) is 0 Å². The van der Waals surface area contributed by atoms with Crippen molar-refractivity contribution < 1.29 is 27.5 Å². The number of hydrogen-bond acceptors (Lipinski definition) is 6. The molecule has 0 saturated carbocycles. The predicted octanol–water partition coefficient (Wildman–Crippen LogP) is 4.52. The Kier molecular flexibility index (Phi) is 5.47. The zero-order chi connectivity index (χ0) is 24.9. The Morgan fingerprint density at radius 3 is 2.34 bits per heavy atom. The number of sulfonamides is 1. The maximum Gasteiger partial charge on any atom is 0.294 e. The molecule has 2 heterocycles. The average molecular weight is 509 g/mol. The second kappa shape index (κ2) is 8.38. The number of fused-ring (bicyclic) bond motifs is 1. The van der Waals surface area contributed by atoms with E-state index in [4.69, 9.17) is 21.2 Å². The standard InChI is InChI=1S/C25H17ClN2O6S/c26-16-6-11-19-15(12-16)13-20(34-19)23(29)21-22(14-4-2-1-3-5-14)28(25(31)24(21)30)17-7-9-18(10-8-17)35(27,32)33/h1-13,22,30H,(H2,27,32,33). The number of amides is 1. The first kappa shape index (κ1) is 22.9. The van der Waals surface area contributed by atoms with Gasteiger partial charge in [-0.15, -0.1) is 0 Å². The first-order chi connectivity index (χ1) is 16.6. The minimum Gasteiger partial charge on any atom is -0.503 e. The number of ketones is 1. The van der Waals surface area contributed by atoms with Crippen molar-refractivity contribution in [2.24, 2.45) is 5.14 Å². The first-order valence-corrected chi connectivity index (χ1v) is 12.3. The third-order valence-corrected chi connectivity index (χ3v) is 6.88. The molecule has 35 heavy (non-hydrogen) atoms. The van der Waals surface area contributed by atoms with Crippen LogP contribution in [0.1, 0.15) is 22.2 Å². The molecule has 0 fully saturated rings. The fourth-order valence-electron chi connectivity index (χ4n) is 4.11. The van der Waals surface area contributed by atoms with Gasteiger partial charge in [0, 0.05) is 16.1 Å². The number of halogens is 1. The van der Waals surface area contributed by atoms with Crippen molar-refractivity contribution in [3.8, 4) is 0 Å². The van der Waals surface area contributed by atoms with E-state index in [-0.39, 0.29) is 21.9 Å². The minimum atomic E-state index is -3.95. The summed E-state index contributed by atoms with van der Waals surface area (Å²) in [6.45, 7) is 0. The molecule has 3 N–H and O–H groups in total. The molecule has 1 aromatic heterocycles. The van der Waals surface area contributed by atoms with Gasteiger partial charge in [0.25, 0.3) is 5.91 Å². The first-order valence-electron chi connectivity index (χ1n) is 10.3. The molecular weight excluding hydrogens is 492 g/mol. The fourth-order valence-corrected chi connectivity index (χ4v) is 4.81. The minimum absolute atomic E-state index is 0.0658. The summed E-state index contributed by atoms with van der Waals surface area (Å²) >= 11 is 6.03. The lowest BCUT2D eigenvalue weighted by atomic mass is 9.95. The molecule has 1 unspecified atom stereocenters. The molecule has 1 aliphatic rings. The van der Waals surface area contributed by atoms with Gasteiger partial charge in [0.2, 0.25) is 15.8 Å². The Hall–Kier alpha value is -3.92. The van der Waals surface area contributed by atoms with Crippen LogP contribution >= 0.6 is 11.6 Å². The van der Waals surface area contributed by atoms with Crippen molar-refractivity contribution in [1.82, 2.24) is 0 Å². The van der Waals surface area contributed by atoms with Gasteiger partial charge < -0.3 is 9.52 Å². The lowest BCUT2D eigenvalue weighted by Gasteiger charge is -2.26. The Morgan fingerprint density at radius 1 is 1.00 bits per heavy atom. The van der Waals surface area contributed by atoms with Crippen LogP contribution in [-0.4, -0.2) is 25.2 Å². The maximum atomic E-state index is 13.6. The smallest absolute Gasteiger partial charge is 0.294 e. The van der Waals surface area contributed by atoms with Crippen LogP contribution in [0.2, 0.25) is 5.02 Å². The van der Waals surface area contributed by atoms with Crippen LogP contribution in [0, 0.1) is 0 Å². The Bertz CT molecular complexity index is 1630. The number of carbonyl (C=O) groups is 2. The van der Waals surface area contributed by atoms with Gasteiger partial charge in [0.05, 0.1) is 16.5 Å². The third kappa shape index (κ3) is 3.99. The molecule has 8 nitrogen and oxygen atoms in total. The number of hydrogen-bond donors (Lipinski definition) is 2. The number of aliphatic hydroxyl groups is 1. The van der Waals surface area contributed by atoms with E-state index in [1.54, 1.807) is 48.5 Å². The molecule has 4 aromatic rings. The van der Waals surface area contributed by atoms with Crippen LogP contribution in [0.25, 0.3) is 11.0 Å². The number of anilines is 1. The average Bonchev–Trinajstić information content (AvgIpc) is 3.37. The van der Waals surface area contributed by atoms with Gasteiger partial charge in [0.1, 0.15) is 5.58 Å². The highest BCUT2D eigenvalue weighted by atomic mass is 35.5. The number of nitrogens with zero attached hydrogens (tertiary/aromatic N) is 1. The Labute approximate surface area is 204 Å². The number of furan rings is 1. The van der Waals surface area contributed by atoms with Crippen molar-refractivity contribution in [3.05, 3.63) is 107 Å². The number of carbonyl (C=O) groups excluding carboxylic acids is 2. The lowest BCUT2D eigenvalue weighted by Crippen LogP contribution is -2.31. The maximum absolute atomic E-state index is 13.6. The second-order valence-corrected chi connectivity index (χ2v) is 9.91. The molecule has 5 rings (SSSR count). The fraction of sp³-hybridized carbons (Fsp3) is 0.0400. The molecule has 0 saturated heterocycles. The van der Waals surface area contributed by atoms with Gasteiger partial charge in [0.15, 0.2) is 11.5 Å². The molecule has 3 aromatic carbocycles. The van der Waals surface area contributed by atoms with E-state index >= 15 is 0 Å². The van der Waals surface area contributed by atoms with Gasteiger partial charge in [-0.3, -0.25) is 14.5 Å². The van der Waals surface area contributed by atoms with E-state index < -0.39 is 33.5 Å². The van der Waals surface area contributed by atoms with Gasteiger partial charge in [-0.05, 0) is 54.1 Å². The zero-order valence-electron chi connectivity index (χ0n) is 17.9. The highest BCUT2D eigenvalue weighted by Crippen LogP contribution is 2.42. The number of rotatable bonds is 5. The third-order valence-electron chi connectivity index (χ3n) is 5.71.